The zero-order valence-electron chi connectivity index (χ0n) is 22.0. The van der Waals surface area contributed by atoms with E-state index in [-0.39, 0.29) is 29.2 Å². The van der Waals surface area contributed by atoms with Crippen molar-refractivity contribution in [3.63, 3.8) is 0 Å². The number of amides is 2. The molecular weight excluding hydrogens is 500 g/mol. The van der Waals surface area contributed by atoms with Crippen molar-refractivity contribution in [2.45, 2.75) is 20.3 Å². The number of carbonyl (C=O) groups excluding carboxylic acids is 1. The van der Waals surface area contributed by atoms with Gasteiger partial charge in [-0.1, -0.05) is 0 Å². The lowest BCUT2D eigenvalue weighted by Crippen LogP contribution is -2.46. The van der Waals surface area contributed by atoms with Gasteiger partial charge in [-0.2, -0.15) is 20.1 Å². The lowest BCUT2D eigenvalue weighted by Gasteiger charge is -2.23. The number of aromatic nitrogens is 8. The van der Waals surface area contributed by atoms with Gasteiger partial charge in [-0.25, -0.2) is 28.8 Å². The number of nitrogens with zero attached hydrogens (tertiary/aromatic N) is 9. The molecule has 0 aliphatic carbocycles. The van der Waals surface area contributed by atoms with Crippen LogP contribution >= 0.6 is 0 Å². The van der Waals surface area contributed by atoms with Gasteiger partial charge in [0.15, 0.2) is 5.82 Å². The maximum absolute atomic E-state index is 10.8. The average Bonchev–Trinajstić information content (AvgIpc) is 2.83. The first kappa shape index (κ1) is 30.9. The molecule has 206 valence electrons. The van der Waals surface area contributed by atoms with Crippen LogP contribution in [0.15, 0.2) is 26.9 Å². The third-order valence-electron chi connectivity index (χ3n) is 4.65. The third kappa shape index (κ3) is 9.84. The molecule has 0 radical (unpaired) electrons. The van der Waals surface area contributed by atoms with Gasteiger partial charge in [-0.3, -0.25) is 15.3 Å². The van der Waals surface area contributed by atoms with Crippen LogP contribution in [0.25, 0.3) is 0 Å². The van der Waals surface area contributed by atoms with E-state index in [2.05, 4.69) is 30.4 Å². The van der Waals surface area contributed by atoms with Crippen molar-refractivity contribution in [1.29, 1.82) is 5.41 Å². The molecule has 0 saturated carbocycles. The summed E-state index contributed by atoms with van der Waals surface area (Å²) in [6.45, 7) is 4.16. The number of amidine groups is 1. The number of nitrogens with two attached hydrogens (primary N) is 3. The van der Waals surface area contributed by atoms with Gasteiger partial charge in [0.1, 0.15) is 23.7 Å². The summed E-state index contributed by atoms with van der Waals surface area (Å²) in [4.78, 5) is 58.2. The zero-order valence-corrected chi connectivity index (χ0v) is 22.0. The highest BCUT2D eigenvalue weighted by Crippen LogP contribution is 1.99. The summed E-state index contributed by atoms with van der Waals surface area (Å²) in [5.74, 6) is 0.836. The Balaban J connectivity index is 0.000000254. The van der Waals surface area contributed by atoms with Gasteiger partial charge < -0.3 is 26.7 Å². The monoisotopic (exact) mass is 532 g/mol. The van der Waals surface area contributed by atoms with Gasteiger partial charge in [0, 0.05) is 52.9 Å². The summed E-state index contributed by atoms with van der Waals surface area (Å²) < 4.78 is 3.79. The molecule has 3 aromatic heterocycles. The lowest BCUT2D eigenvalue weighted by atomic mass is 10.3. The van der Waals surface area contributed by atoms with Crippen molar-refractivity contribution in [3.8, 4) is 0 Å². The van der Waals surface area contributed by atoms with Gasteiger partial charge in [0.2, 0.25) is 5.95 Å². The molecule has 4 rings (SSSR count). The largest absolute Gasteiger partial charge is 0.383 e. The molecule has 1 fully saturated rings. The smallest absolute Gasteiger partial charge is 0.365 e. The normalized spacial score (nSPS) is 12.1. The van der Waals surface area contributed by atoms with Crippen LogP contribution in [-0.2, 0) is 21.1 Å². The third-order valence-corrected chi connectivity index (χ3v) is 4.65. The van der Waals surface area contributed by atoms with Crippen LogP contribution in [0.3, 0.4) is 0 Å². The molecule has 38 heavy (non-hydrogen) atoms. The van der Waals surface area contributed by atoms with Gasteiger partial charge in [-0.15, -0.1) is 0 Å². The second-order valence-corrected chi connectivity index (χ2v) is 7.88. The molecule has 3 aromatic rings. The van der Waals surface area contributed by atoms with Gasteiger partial charge in [0.25, 0.3) is 0 Å². The van der Waals surface area contributed by atoms with Crippen molar-refractivity contribution in [2.75, 3.05) is 30.8 Å². The number of hydrogen-bond donors (Lipinski definition) is 5. The number of carbonyl (C=O) groups is 1. The van der Waals surface area contributed by atoms with E-state index in [1.807, 2.05) is 6.92 Å². The number of anilines is 3. The molecule has 0 bridgehead atoms. The topological polar surface area (TPSA) is 265 Å². The maximum Gasteiger partial charge on any atom is 0.365 e. The van der Waals surface area contributed by atoms with Crippen LogP contribution in [0.2, 0.25) is 0 Å². The fourth-order valence-corrected chi connectivity index (χ4v) is 2.33. The van der Waals surface area contributed by atoms with Crippen molar-refractivity contribution < 1.29 is 4.79 Å². The highest BCUT2D eigenvalue weighted by molar-refractivity contribution is 5.97. The number of nitrogens with one attached hydrogen (secondary N) is 2. The van der Waals surface area contributed by atoms with E-state index < -0.39 is 5.69 Å². The van der Waals surface area contributed by atoms with E-state index >= 15 is 0 Å². The number of hydrogen-bond acceptors (Lipinski definition) is 13. The standard InChI is InChI=1S/C6H9N3O.C5H8N4O.C5H9N3O.C4H6N4O/c1-4-3-9(2)6(10)8-5(4)7;1-3-4(6)7-5(10)9(2)8-3;1-8-3-2-4(6)7-5(8)9;1-8-2-6-3(5)7-4(8)9/h3H,1-2H3,(H2,7,8,10);1-2H3,(H2,6,7,10);2-3H2,1H3,(H2,6,7,9);2H,1H3,(H2,5,7,9). The minimum Gasteiger partial charge on any atom is -0.383 e. The van der Waals surface area contributed by atoms with Gasteiger partial charge in [0.05, 0.1) is 0 Å². The van der Waals surface area contributed by atoms with Crippen LogP contribution in [0.4, 0.5) is 22.4 Å². The summed E-state index contributed by atoms with van der Waals surface area (Å²) in [5, 5.41) is 13.2. The quantitative estimate of drug-likeness (QED) is 0.201. The first-order valence-electron chi connectivity index (χ1n) is 10.8. The van der Waals surface area contributed by atoms with E-state index in [1.54, 1.807) is 39.2 Å². The molecule has 1 saturated heterocycles. The van der Waals surface area contributed by atoms with Gasteiger partial charge in [-0.05, 0) is 13.8 Å². The van der Waals surface area contributed by atoms with E-state index in [9.17, 15) is 19.2 Å². The molecule has 0 unspecified atom stereocenters. The van der Waals surface area contributed by atoms with Crippen molar-refractivity contribution >= 4 is 29.5 Å². The van der Waals surface area contributed by atoms with E-state index in [1.165, 1.54) is 22.5 Å². The Morgan fingerprint density at radius 2 is 1.45 bits per heavy atom. The second-order valence-electron chi connectivity index (χ2n) is 7.88. The van der Waals surface area contributed by atoms with Crippen LogP contribution < -0.4 is 39.6 Å². The van der Waals surface area contributed by atoms with E-state index in [4.69, 9.17) is 22.6 Å². The number of rotatable bonds is 0. The summed E-state index contributed by atoms with van der Waals surface area (Å²) in [5.41, 5.74) is 16.0. The second kappa shape index (κ2) is 13.8. The maximum atomic E-state index is 10.8. The van der Waals surface area contributed by atoms with Gasteiger partial charge >= 0.3 is 23.1 Å². The fraction of sp³-hybridized carbons (Fsp3) is 0.400. The Kier molecular flexibility index (Phi) is 11.2. The highest BCUT2D eigenvalue weighted by Gasteiger charge is 2.15. The molecule has 4 heterocycles. The van der Waals surface area contributed by atoms with Crippen molar-refractivity contribution in [2.24, 2.45) is 21.1 Å². The summed E-state index contributed by atoms with van der Waals surface area (Å²) in [6, 6.07) is -0.175. The molecule has 18 nitrogen and oxygen atoms in total. The fourth-order valence-electron chi connectivity index (χ4n) is 2.33. The van der Waals surface area contributed by atoms with E-state index in [0.717, 1.165) is 10.2 Å². The predicted molar refractivity (Wildman–Crippen MR) is 140 cm³/mol. The van der Waals surface area contributed by atoms with Crippen molar-refractivity contribution in [1.82, 2.24) is 49.1 Å². The SMILES string of the molecule is CN1CCC(=N)NC1=O.Cc1cn(C)c(=O)nc1N.Cc1nn(C)c(=O)nc1N.Cn1cnc(N)nc1=O. The molecule has 0 aromatic carbocycles. The molecule has 0 atom stereocenters. The zero-order chi connectivity index (χ0) is 29.2. The first-order chi connectivity index (χ1) is 17.6. The van der Waals surface area contributed by atoms with Crippen LogP contribution in [0.5, 0.6) is 0 Å². The van der Waals surface area contributed by atoms with Crippen LogP contribution in [0, 0.1) is 19.3 Å². The first-order valence-corrected chi connectivity index (χ1v) is 10.8. The summed E-state index contributed by atoms with van der Waals surface area (Å²) in [7, 11) is 6.44. The Morgan fingerprint density at radius 3 is 1.92 bits per heavy atom. The molecule has 2 amide bonds. The van der Waals surface area contributed by atoms with Crippen molar-refractivity contribution in [3.05, 3.63) is 55.2 Å². The Bertz CT molecular complexity index is 1400. The predicted octanol–water partition coefficient (Wildman–Crippen LogP) is -2.50. The number of nitrogen functional groups attached to an aromatic ring is 3. The molecule has 1 aliphatic heterocycles. The molecule has 0 spiro atoms. The lowest BCUT2D eigenvalue weighted by molar-refractivity contribution is 0.211. The van der Waals surface area contributed by atoms with Crippen LogP contribution in [0.1, 0.15) is 17.7 Å². The Morgan fingerprint density at radius 1 is 0.868 bits per heavy atom. The number of aryl methyl sites for hydroxylation is 5. The Labute approximate surface area is 216 Å². The summed E-state index contributed by atoms with van der Waals surface area (Å²) >= 11 is 0. The number of urea groups is 1. The van der Waals surface area contributed by atoms with Crippen LogP contribution in [-0.4, -0.2) is 69.2 Å². The Hall–Kier alpha value is -5.16. The molecule has 18 heteroatoms. The summed E-state index contributed by atoms with van der Waals surface area (Å²) in [6.07, 6.45) is 3.62. The average molecular weight is 533 g/mol. The molecule has 1 aliphatic rings. The minimum absolute atomic E-state index is 0.0121. The highest BCUT2D eigenvalue weighted by atomic mass is 16.2. The minimum atomic E-state index is -0.428. The molecular formula is C20H32N14O4. The van der Waals surface area contributed by atoms with E-state index in [0.29, 0.717) is 30.3 Å². The molecule has 8 N–H and O–H groups in total.